The second-order valence-corrected chi connectivity index (χ2v) is 5.86. The lowest BCUT2D eigenvalue weighted by atomic mass is 9.83. The van der Waals surface area contributed by atoms with Crippen LogP contribution in [0, 0.1) is 0 Å². The van der Waals surface area contributed by atoms with Gasteiger partial charge in [-0.05, 0) is 49.3 Å². The molecule has 3 rings (SSSR count). The highest BCUT2D eigenvalue weighted by atomic mass is 19.4. The number of benzene rings is 1. The number of aromatic nitrogens is 3. The molecule has 0 atom stereocenters. The maximum absolute atomic E-state index is 12.2. The molecule has 1 saturated carbocycles. The molecule has 9 heteroatoms. The molecule has 1 aliphatic rings. The van der Waals surface area contributed by atoms with Crippen LogP contribution < -0.4 is 9.47 Å². The summed E-state index contributed by atoms with van der Waals surface area (Å²) in [6.45, 7) is 0. The molecule has 25 heavy (non-hydrogen) atoms. The number of H-pyrrole nitrogens is 1. The average Bonchev–Trinajstić information content (AvgIpc) is 3.02. The third-order valence-electron chi connectivity index (χ3n) is 4.20. The SMILES string of the molecule is O=Cc1[nH]nnc1OC1CCC(c2ccc(OC(F)(F)F)cc2)CC1. The molecule has 1 fully saturated rings. The molecule has 0 amide bonds. The highest BCUT2D eigenvalue weighted by Gasteiger charge is 2.31. The fourth-order valence-electron chi connectivity index (χ4n) is 3.00. The zero-order chi connectivity index (χ0) is 17.9. The van der Waals surface area contributed by atoms with Crippen molar-refractivity contribution in [2.75, 3.05) is 0 Å². The van der Waals surface area contributed by atoms with Crippen LogP contribution in [0.15, 0.2) is 24.3 Å². The van der Waals surface area contributed by atoms with Crippen LogP contribution in [0.4, 0.5) is 13.2 Å². The van der Waals surface area contributed by atoms with Gasteiger partial charge in [0.1, 0.15) is 11.9 Å². The number of ether oxygens (including phenoxy) is 2. The number of aromatic amines is 1. The van der Waals surface area contributed by atoms with Crippen molar-refractivity contribution in [2.24, 2.45) is 0 Å². The second-order valence-electron chi connectivity index (χ2n) is 5.86. The summed E-state index contributed by atoms with van der Waals surface area (Å²) < 4.78 is 46.1. The smallest absolute Gasteiger partial charge is 0.472 e. The Morgan fingerprint density at radius 1 is 1.12 bits per heavy atom. The van der Waals surface area contributed by atoms with E-state index in [1.54, 1.807) is 12.1 Å². The quantitative estimate of drug-likeness (QED) is 0.829. The number of nitrogens with zero attached hydrogens (tertiary/aromatic N) is 2. The number of nitrogens with one attached hydrogen (secondary N) is 1. The number of rotatable bonds is 5. The largest absolute Gasteiger partial charge is 0.573 e. The van der Waals surface area contributed by atoms with E-state index in [-0.39, 0.29) is 29.3 Å². The van der Waals surface area contributed by atoms with Crippen molar-refractivity contribution in [2.45, 2.75) is 44.1 Å². The summed E-state index contributed by atoms with van der Waals surface area (Å²) in [4.78, 5) is 10.8. The molecule has 0 bridgehead atoms. The number of aldehydes is 1. The molecule has 0 saturated heterocycles. The molecular weight excluding hydrogens is 339 g/mol. The Morgan fingerprint density at radius 2 is 1.80 bits per heavy atom. The van der Waals surface area contributed by atoms with Crippen molar-refractivity contribution in [1.82, 2.24) is 15.4 Å². The van der Waals surface area contributed by atoms with Crippen molar-refractivity contribution < 1.29 is 27.4 Å². The minimum absolute atomic E-state index is 0.0621. The fourth-order valence-corrected chi connectivity index (χ4v) is 3.00. The van der Waals surface area contributed by atoms with Gasteiger partial charge >= 0.3 is 6.36 Å². The molecule has 1 N–H and O–H groups in total. The lowest BCUT2D eigenvalue weighted by Gasteiger charge is -2.28. The Hall–Kier alpha value is -2.58. The Morgan fingerprint density at radius 3 is 2.40 bits per heavy atom. The van der Waals surface area contributed by atoms with Crippen LogP contribution in [0.2, 0.25) is 0 Å². The predicted octanol–water partition coefficient (Wildman–Crippen LogP) is 3.62. The molecule has 1 heterocycles. The molecule has 6 nitrogen and oxygen atoms in total. The third-order valence-corrected chi connectivity index (χ3v) is 4.20. The molecule has 0 radical (unpaired) electrons. The molecule has 1 aromatic carbocycles. The van der Waals surface area contributed by atoms with Crippen LogP contribution in [0.25, 0.3) is 0 Å². The number of alkyl halides is 3. The minimum Gasteiger partial charge on any atom is -0.472 e. The van der Waals surface area contributed by atoms with Crippen molar-refractivity contribution in [1.29, 1.82) is 0 Å². The van der Waals surface area contributed by atoms with Crippen molar-refractivity contribution in [3.05, 3.63) is 35.5 Å². The third kappa shape index (κ3) is 4.49. The maximum Gasteiger partial charge on any atom is 0.573 e. The molecule has 2 aromatic rings. The van der Waals surface area contributed by atoms with E-state index in [2.05, 4.69) is 20.1 Å². The summed E-state index contributed by atoms with van der Waals surface area (Å²) in [6.07, 6.45) is -0.957. The number of carbonyl (C=O) groups is 1. The van der Waals surface area contributed by atoms with E-state index in [4.69, 9.17) is 4.74 Å². The van der Waals surface area contributed by atoms with Crippen LogP contribution >= 0.6 is 0 Å². The zero-order valence-corrected chi connectivity index (χ0v) is 13.1. The van der Waals surface area contributed by atoms with Gasteiger partial charge in [0, 0.05) is 0 Å². The van der Waals surface area contributed by atoms with E-state index in [9.17, 15) is 18.0 Å². The number of carbonyl (C=O) groups excluding carboxylic acids is 1. The van der Waals surface area contributed by atoms with Gasteiger partial charge in [0.15, 0.2) is 12.0 Å². The first kappa shape index (κ1) is 17.2. The maximum atomic E-state index is 12.2. The van der Waals surface area contributed by atoms with Gasteiger partial charge in [-0.25, -0.2) is 0 Å². The van der Waals surface area contributed by atoms with Gasteiger partial charge in [-0.1, -0.05) is 22.4 Å². The van der Waals surface area contributed by atoms with Crippen molar-refractivity contribution >= 4 is 6.29 Å². The van der Waals surface area contributed by atoms with Crippen LogP contribution in [0.1, 0.15) is 47.7 Å². The Labute approximate surface area is 141 Å². The highest BCUT2D eigenvalue weighted by Crippen LogP contribution is 2.35. The summed E-state index contributed by atoms with van der Waals surface area (Å²) >= 11 is 0. The molecule has 0 unspecified atom stereocenters. The molecule has 1 aliphatic carbocycles. The molecular formula is C16H16F3N3O3. The normalized spacial score (nSPS) is 20.9. The van der Waals surface area contributed by atoms with E-state index in [0.29, 0.717) is 6.29 Å². The molecule has 0 spiro atoms. The van der Waals surface area contributed by atoms with Crippen molar-refractivity contribution in [3.63, 3.8) is 0 Å². The van der Waals surface area contributed by atoms with Gasteiger partial charge in [0.25, 0.3) is 5.88 Å². The summed E-state index contributed by atoms with van der Waals surface area (Å²) in [5, 5.41) is 9.72. The lowest BCUT2D eigenvalue weighted by Crippen LogP contribution is -2.24. The fraction of sp³-hybridized carbons (Fsp3) is 0.438. The van der Waals surface area contributed by atoms with Gasteiger partial charge in [-0.3, -0.25) is 9.89 Å². The van der Waals surface area contributed by atoms with E-state index < -0.39 is 6.36 Å². The first-order valence-electron chi connectivity index (χ1n) is 7.83. The Bertz CT molecular complexity index is 707. The van der Waals surface area contributed by atoms with Gasteiger partial charge in [-0.15, -0.1) is 13.2 Å². The number of halogens is 3. The Balaban J connectivity index is 1.54. The summed E-state index contributed by atoms with van der Waals surface area (Å²) in [5.41, 5.74) is 1.19. The highest BCUT2D eigenvalue weighted by molar-refractivity contribution is 5.74. The Kier molecular flexibility index (Phi) is 4.91. The minimum atomic E-state index is -4.68. The van der Waals surface area contributed by atoms with E-state index >= 15 is 0 Å². The van der Waals surface area contributed by atoms with E-state index in [0.717, 1.165) is 31.2 Å². The van der Waals surface area contributed by atoms with Crippen LogP contribution in [-0.2, 0) is 0 Å². The predicted molar refractivity (Wildman–Crippen MR) is 80.5 cm³/mol. The van der Waals surface area contributed by atoms with E-state index in [1.807, 2.05) is 0 Å². The molecule has 1 aromatic heterocycles. The summed E-state index contributed by atoms with van der Waals surface area (Å²) in [6, 6.07) is 5.98. The first-order valence-corrected chi connectivity index (χ1v) is 7.83. The van der Waals surface area contributed by atoms with Gasteiger partial charge in [0.2, 0.25) is 0 Å². The first-order chi connectivity index (χ1) is 11.9. The summed E-state index contributed by atoms with van der Waals surface area (Å²) in [7, 11) is 0. The zero-order valence-electron chi connectivity index (χ0n) is 13.1. The molecule has 0 aliphatic heterocycles. The van der Waals surface area contributed by atoms with Crippen LogP contribution in [0.3, 0.4) is 0 Å². The van der Waals surface area contributed by atoms with Gasteiger partial charge in [-0.2, -0.15) is 0 Å². The average molecular weight is 355 g/mol. The second kappa shape index (κ2) is 7.12. The lowest BCUT2D eigenvalue weighted by molar-refractivity contribution is -0.274. The van der Waals surface area contributed by atoms with Crippen LogP contribution in [0.5, 0.6) is 11.6 Å². The van der Waals surface area contributed by atoms with Crippen molar-refractivity contribution in [3.8, 4) is 11.6 Å². The molecule has 134 valence electrons. The van der Waals surface area contributed by atoms with E-state index in [1.165, 1.54) is 12.1 Å². The summed E-state index contributed by atoms with van der Waals surface area (Å²) in [5.74, 6) is 0.232. The number of hydrogen-bond donors (Lipinski definition) is 1. The van der Waals surface area contributed by atoms with Gasteiger partial charge < -0.3 is 9.47 Å². The topological polar surface area (TPSA) is 77.1 Å². The van der Waals surface area contributed by atoms with Crippen LogP contribution in [-0.4, -0.2) is 34.2 Å². The standard InChI is InChI=1S/C16H16F3N3O3/c17-16(18,19)25-13-7-3-11(4-8-13)10-1-5-12(6-2-10)24-15-14(9-23)20-22-21-15/h3-4,7-10,12H,1-2,5-6H2,(H,20,21,22). The number of hydrogen-bond acceptors (Lipinski definition) is 5. The monoisotopic (exact) mass is 355 g/mol. The van der Waals surface area contributed by atoms with Gasteiger partial charge in [0.05, 0.1) is 0 Å².